The Hall–Kier alpha value is -4.28. The van der Waals surface area contributed by atoms with Crippen molar-refractivity contribution in [3.8, 4) is 17.2 Å². The zero-order valence-corrected chi connectivity index (χ0v) is 21.5. The molecule has 11 heteroatoms. The van der Waals surface area contributed by atoms with Gasteiger partial charge in [-0.1, -0.05) is 18.2 Å². The predicted octanol–water partition coefficient (Wildman–Crippen LogP) is 0.661. The van der Waals surface area contributed by atoms with Crippen LogP contribution in [0.5, 0.6) is 17.2 Å². The molecule has 2 atom stereocenters. The normalized spacial score (nSPS) is 20.3. The highest BCUT2D eigenvalue weighted by Crippen LogP contribution is 2.30. The van der Waals surface area contributed by atoms with Gasteiger partial charge in [0.2, 0.25) is 17.7 Å². The van der Waals surface area contributed by atoms with Crippen LogP contribution in [0.25, 0.3) is 0 Å². The van der Waals surface area contributed by atoms with Crippen molar-refractivity contribution in [2.24, 2.45) is 0 Å². The average Bonchev–Trinajstić information content (AvgIpc) is 2.91. The molecule has 202 valence electrons. The zero-order chi connectivity index (χ0) is 27.1. The molecule has 0 spiro atoms. The molecule has 11 nitrogen and oxygen atoms in total. The number of benzene rings is 2. The van der Waals surface area contributed by atoms with E-state index < -0.39 is 29.8 Å². The van der Waals surface area contributed by atoms with Crippen LogP contribution in [-0.4, -0.2) is 80.6 Å². The van der Waals surface area contributed by atoms with E-state index in [1.807, 2.05) is 18.2 Å². The SMILES string of the molecule is C[C@@H]1NC(=O)C[C@@H](C(=O)NCCc2ccc3c(c2)OCCO3)NC(=O)c2ccccc2OCCN(C)C1=O. The third kappa shape index (κ3) is 6.72. The molecule has 4 rings (SSSR count). The Kier molecular flexibility index (Phi) is 8.67. The first-order valence-electron chi connectivity index (χ1n) is 12.5. The van der Waals surface area contributed by atoms with Gasteiger partial charge >= 0.3 is 0 Å². The van der Waals surface area contributed by atoms with Crippen molar-refractivity contribution in [1.29, 1.82) is 0 Å². The molecule has 3 N–H and O–H groups in total. The fraction of sp³-hybridized carbons (Fsp3) is 0.407. The predicted molar refractivity (Wildman–Crippen MR) is 137 cm³/mol. The van der Waals surface area contributed by atoms with E-state index in [-0.39, 0.29) is 37.6 Å². The molecule has 2 heterocycles. The summed E-state index contributed by atoms with van der Waals surface area (Å²) in [4.78, 5) is 53.0. The standard InChI is InChI=1S/C27H32N4O7/c1-17-27(35)31(2)11-12-36-21-6-4-3-5-19(21)25(33)30-20(16-24(32)29-17)26(34)28-10-9-18-7-8-22-23(15-18)38-14-13-37-22/h3-8,15,17,20H,9-14,16H2,1-2H3,(H,28,34)(H,29,32)(H,30,33)/t17-,20-/m0/s1. The number of carbonyl (C=O) groups is 4. The van der Waals surface area contributed by atoms with Gasteiger partial charge in [-0.25, -0.2) is 0 Å². The summed E-state index contributed by atoms with van der Waals surface area (Å²) in [6.07, 6.45) is 0.162. The highest BCUT2D eigenvalue weighted by molar-refractivity contribution is 6.01. The maximum atomic E-state index is 13.1. The van der Waals surface area contributed by atoms with Crippen LogP contribution < -0.4 is 30.2 Å². The molecule has 2 aromatic rings. The highest BCUT2D eigenvalue weighted by Gasteiger charge is 2.28. The number of carbonyl (C=O) groups excluding carboxylic acids is 4. The highest BCUT2D eigenvalue weighted by atomic mass is 16.6. The Bertz CT molecular complexity index is 1200. The molecule has 2 aliphatic rings. The van der Waals surface area contributed by atoms with Gasteiger partial charge in [0.15, 0.2) is 11.5 Å². The van der Waals surface area contributed by atoms with Crippen molar-refractivity contribution >= 4 is 23.6 Å². The minimum absolute atomic E-state index is 0.150. The Morgan fingerprint density at radius 1 is 0.974 bits per heavy atom. The fourth-order valence-electron chi connectivity index (χ4n) is 4.20. The maximum absolute atomic E-state index is 13.1. The lowest BCUT2D eigenvalue weighted by Crippen LogP contribution is -2.52. The van der Waals surface area contributed by atoms with E-state index in [0.29, 0.717) is 36.9 Å². The molecule has 0 radical (unpaired) electrons. The third-order valence-corrected chi connectivity index (χ3v) is 6.27. The van der Waals surface area contributed by atoms with E-state index in [9.17, 15) is 19.2 Å². The fourth-order valence-corrected chi connectivity index (χ4v) is 4.20. The summed E-state index contributed by atoms with van der Waals surface area (Å²) >= 11 is 0. The van der Waals surface area contributed by atoms with Crippen molar-refractivity contribution in [3.05, 3.63) is 53.6 Å². The van der Waals surface area contributed by atoms with E-state index in [4.69, 9.17) is 14.2 Å². The van der Waals surface area contributed by atoms with Crippen LogP contribution in [-0.2, 0) is 20.8 Å². The van der Waals surface area contributed by atoms with Gasteiger partial charge in [-0.3, -0.25) is 19.2 Å². The van der Waals surface area contributed by atoms with E-state index in [1.165, 1.54) is 4.90 Å². The van der Waals surface area contributed by atoms with Gasteiger partial charge in [-0.05, 0) is 43.2 Å². The van der Waals surface area contributed by atoms with Gasteiger partial charge in [0.25, 0.3) is 5.91 Å². The number of amides is 4. The average molecular weight is 525 g/mol. The lowest BCUT2D eigenvalue weighted by atomic mass is 10.1. The van der Waals surface area contributed by atoms with E-state index >= 15 is 0 Å². The quantitative estimate of drug-likeness (QED) is 0.535. The topological polar surface area (TPSA) is 135 Å². The van der Waals surface area contributed by atoms with Gasteiger partial charge in [0, 0.05) is 13.6 Å². The van der Waals surface area contributed by atoms with Crippen molar-refractivity contribution in [3.63, 3.8) is 0 Å². The van der Waals surface area contributed by atoms with Crippen LogP contribution in [0.3, 0.4) is 0 Å². The van der Waals surface area contributed by atoms with Crippen LogP contribution in [0.1, 0.15) is 29.3 Å². The molecule has 0 saturated heterocycles. The van der Waals surface area contributed by atoms with Gasteiger partial charge in [0.1, 0.15) is 37.7 Å². The largest absolute Gasteiger partial charge is 0.491 e. The first-order valence-corrected chi connectivity index (χ1v) is 12.5. The Labute approximate surface area is 220 Å². The molecule has 2 aliphatic heterocycles. The Balaban J connectivity index is 1.46. The van der Waals surface area contributed by atoms with E-state index in [1.54, 1.807) is 38.2 Å². The van der Waals surface area contributed by atoms with Crippen molar-refractivity contribution in [2.45, 2.75) is 31.8 Å². The molecule has 4 amide bonds. The smallest absolute Gasteiger partial charge is 0.255 e. The monoisotopic (exact) mass is 524 g/mol. The van der Waals surface area contributed by atoms with Gasteiger partial charge < -0.3 is 35.1 Å². The summed E-state index contributed by atoms with van der Waals surface area (Å²) in [5.74, 6) is -0.239. The van der Waals surface area contributed by atoms with Crippen LogP contribution in [0, 0.1) is 0 Å². The molecular weight excluding hydrogens is 492 g/mol. The molecule has 0 unspecified atom stereocenters. The summed E-state index contributed by atoms with van der Waals surface area (Å²) in [6.45, 7) is 3.24. The molecule has 0 aliphatic carbocycles. The van der Waals surface area contributed by atoms with Crippen LogP contribution >= 0.6 is 0 Å². The summed E-state index contributed by atoms with van der Waals surface area (Å²) < 4.78 is 16.9. The van der Waals surface area contributed by atoms with E-state index in [0.717, 1.165) is 5.56 Å². The molecule has 2 aromatic carbocycles. The second-order valence-electron chi connectivity index (χ2n) is 9.14. The number of fused-ring (bicyclic) bond motifs is 2. The molecule has 0 fully saturated rings. The Morgan fingerprint density at radius 3 is 2.53 bits per heavy atom. The maximum Gasteiger partial charge on any atom is 0.255 e. The minimum Gasteiger partial charge on any atom is -0.491 e. The van der Waals surface area contributed by atoms with E-state index in [2.05, 4.69) is 16.0 Å². The second kappa shape index (κ2) is 12.3. The third-order valence-electron chi connectivity index (χ3n) is 6.27. The summed E-state index contributed by atoms with van der Waals surface area (Å²) in [7, 11) is 1.61. The van der Waals surface area contributed by atoms with Crippen molar-refractivity contribution < 1.29 is 33.4 Å². The first-order chi connectivity index (χ1) is 18.3. The zero-order valence-electron chi connectivity index (χ0n) is 21.5. The molecular formula is C27H32N4O7. The number of likely N-dealkylation sites (N-methyl/N-ethyl adjacent to an activating group) is 1. The van der Waals surface area contributed by atoms with Gasteiger partial charge in [-0.2, -0.15) is 0 Å². The Morgan fingerprint density at radius 2 is 1.71 bits per heavy atom. The van der Waals surface area contributed by atoms with Crippen molar-refractivity contribution in [1.82, 2.24) is 20.9 Å². The lowest BCUT2D eigenvalue weighted by Gasteiger charge is -2.25. The van der Waals surface area contributed by atoms with Crippen LogP contribution in [0.15, 0.2) is 42.5 Å². The molecule has 0 aromatic heterocycles. The number of nitrogens with zero attached hydrogens (tertiary/aromatic N) is 1. The lowest BCUT2D eigenvalue weighted by molar-refractivity contribution is -0.135. The number of rotatable bonds is 4. The molecule has 0 bridgehead atoms. The van der Waals surface area contributed by atoms with Crippen LogP contribution in [0.2, 0.25) is 0 Å². The molecule has 0 saturated carbocycles. The van der Waals surface area contributed by atoms with Crippen LogP contribution in [0.4, 0.5) is 0 Å². The summed E-state index contributed by atoms with van der Waals surface area (Å²) in [5.41, 5.74) is 1.16. The number of hydrogen-bond donors (Lipinski definition) is 3. The van der Waals surface area contributed by atoms with Gasteiger partial charge in [0.05, 0.1) is 18.5 Å². The number of hydrogen-bond acceptors (Lipinski definition) is 7. The van der Waals surface area contributed by atoms with Crippen molar-refractivity contribution in [2.75, 3.05) is 40.0 Å². The second-order valence-corrected chi connectivity index (χ2v) is 9.14. The number of ether oxygens (including phenoxy) is 3. The number of para-hydroxylation sites is 1. The van der Waals surface area contributed by atoms with Gasteiger partial charge in [-0.15, -0.1) is 0 Å². The number of nitrogens with one attached hydrogen (secondary N) is 3. The summed E-state index contributed by atoms with van der Waals surface area (Å²) in [6, 6.07) is 10.2. The molecule has 38 heavy (non-hydrogen) atoms. The first kappa shape index (κ1) is 26.8. The minimum atomic E-state index is -1.17. The summed E-state index contributed by atoms with van der Waals surface area (Å²) in [5, 5.41) is 8.07.